The van der Waals surface area contributed by atoms with Crippen LogP contribution in [-0.4, -0.2) is 57.1 Å². The lowest BCUT2D eigenvalue weighted by Gasteiger charge is -2.42. The van der Waals surface area contributed by atoms with Crippen LogP contribution in [0, 0.1) is 5.92 Å². The Morgan fingerprint density at radius 2 is 1.56 bits per heavy atom. The number of hydrogen-bond acceptors (Lipinski definition) is 7. The zero-order valence-electron chi connectivity index (χ0n) is 22.8. The minimum atomic E-state index is -4.04. The Hall–Kier alpha value is -4.52. The fraction of sp³-hybridized carbons (Fsp3) is 0.321. The van der Waals surface area contributed by atoms with E-state index in [2.05, 4.69) is 15.4 Å². The number of ether oxygens (including phenoxy) is 2. The number of benzene rings is 2. The highest BCUT2D eigenvalue weighted by Gasteiger charge is 2.37. The summed E-state index contributed by atoms with van der Waals surface area (Å²) in [6.45, 7) is 2.58. The third kappa shape index (κ3) is 5.99. The van der Waals surface area contributed by atoms with Crippen LogP contribution in [0.5, 0.6) is 11.5 Å². The third-order valence-corrected chi connectivity index (χ3v) is 8.60. The number of likely N-dealkylation sites (tertiary alicyclic amines) is 1. The molecule has 216 valence electrons. The number of hydrogen-bond donors (Lipinski definition) is 3. The summed E-state index contributed by atoms with van der Waals surface area (Å²) < 4.78 is 40.6. The molecule has 2 atom stereocenters. The predicted molar refractivity (Wildman–Crippen MR) is 153 cm³/mol. The maximum Gasteiger partial charge on any atom is 0.321 e. The number of carbonyl (C=O) groups excluding carboxylic acids is 2. The molecule has 2 bridgehead atoms. The quantitative estimate of drug-likeness (QED) is 0.388. The highest BCUT2D eigenvalue weighted by Crippen LogP contribution is 2.36. The van der Waals surface area contributed by atoms with Crippen LogP contribution in [0.3, 0.4) is 0 Å². The fourth-order valence-electron chi connectivity index (χ4n) is 5.40. The number of nitrogens with one attached hydrogen (secondary N) is 3. The van der Waals surface area contributed by atoms with Gasteiger partial charge < -0.3 is 29.6 Å². The van der Waals surface area contributed by atoms with E-state index >= 15 is 0 Å². The van der Waals surface area contributed by atoms with E-state index in [1.807, 2.05) is 0 Å². The minimum Gasteiger partial charge on any atom is -0.497 e. The molecule has 3 aromatic rings. The van der Waals surface area contributed by atoms with Crippen molar-refractivity contribution in [3.05, 3.63) is 70.6 Å². The van der Waals surface area contributed by atoms with E-state index in [-0.39, 0.29) is 34.4 Å². The first-order valence-electron chi connectivity index (χ1n) is 13.0. The molecular formula is C28H31N5O7S. The smallest absolute Gasteiger partial charge is 0.321 e. The summed E-state index contributed by atoms with van der Waals surface area (Å²) in [6, 6.07) is 13.7. The number of rotatable bonds is 7. The molecule has 1 fully saturated rings. The van der Waals surface area contributed by atoms with E-state index < -0.39 is 15.6 Å². The first-order valence-corrected chi connectivity index (χ1v) is 14.5. The van der Waals surface area contributed by atoms with E-state index in [1.54, 1.807) is 33.7 Å². The van der Waals surface area contributed by atoms with Crippen LogP contribution in [0.1, 0.15) is 25.0 Å². The summed E-state index contributed by atoms with van der Waals surface area (Å²) in [7, 11) is -0.969. The monoisotopic (exact) mass is 581 g/mol. The molecule has 3 heterocycles. The number of amides is 3. The lowest BCUT2D eigenvalue weighted by atomic mass is 9.83. The molecule has 0 saturated carbocycles. The lowest BCUT2D eigenvalue weighted by Crippen LogP contribution is -2.50. The van der Waals surface area contributed by atoms with Gasteiger partial charge in [-0.15, -0.1) is 0 Å². The third-order valence-electron chi connectivity index (χ3n) is 7.22. The van der Waals surface area contributed by atoms with Gasteiger partial charge in [0.05, 0.1) is 19.1 Å². The van der Waals surface area contributed by atoms with Crippen molar-refractivity contribution in [1.82, 2.24) is 9.47 Å². The van der Waals surface area contributed by atoms with Crippen molar-refractivity contribution in [2.24, 2.45) is 5.92 Å². The summed E-state index contributed by atoms with van der Waals surface area (Å²) in [5.41, 5.74) is 1.27. The topological polar surface area (TPSA) is 148 Å². The van der Waals surface area contributed by atoms with Crippen molar-refractivity contribution in [3.8, 4) is 11.5 Å². The zero-order chi connectivity index (χ0) is 29.3. The van der Waals surface area contributed by atoms with Gasteiger partial charge >= 0.3 is 6.03 Å². The minimum absolute atomic E-state index is 0.0257. The Morgan fingerprint density at radius 3 is 2.20 bits per heavy atom. The number of methoxy groups -OCH3 is 2. The first kappa shape index (κ1) is 28.0. The Balaban J connectivity index is 1.31. The largest absolute Gasteiger partial charge is 0.497 e. The van der Waals surface area contributed by atoms with Crippen LogP contribution in [-0.2, 0) is 21.4 Å². The number of sulfonamides is 1. The Morgan fingerprint density at radius 1 is 0.878 bits per heavy atom. The molecule has 2 aliphatic heterocycles. The SMILES string of the molecule is COc1cc(NC(=O)N2CC3CC(C2)c2ccc(NS(=O)(=O)c4ccc(NC(C)=O)cc4)c(=O)n2C3)cc(OC)c1. The van der Waals surface area contributed by atoms with Crippen molar-refractivity contribution in [2.45, 2.75) is 30.7 Å². The van der Waals surface area contributed by atoms with Gasteiger partial charge in [0.1, 0.15) is 17.2 Å². The van der Waals surface area contributed by atoms with Gasteiger partial charge in [-0.1, -0.05) is 0 Å². The lowest BCUT2D eigenvalue weighted by molar-refractivity contribution is -0.114. The van der Waals surface area contributed by atoms with Crippen LogP contribution in [0.25, 0.3) is 0 Å². The van der Waals surface area contributed by atoms with E-state index in [9.17, 15) is 22.8 Å². The van der Waals surface area contributed by atoms with Crippen LogP contribution in [0.2, 0.25) is 0 Å². The molecule has 13 heteroatoms. The summed E-state index contributed by atoms with van der Waals surface area (Å²) in [5, 5.41) is 5.49. The molecule has 1 aromatic heterocycles. The normalized spacial score (nSPS) is 17.7. The zero-order valence-corrected chi connectivity index (χ0v) is 23.7. The Bertz CT molecular complexity index is 1630. The van der Waals surface area contributed by atoms with Gasteiger partial charge in [0.15, 0.2) is 0 Å². The Labute approximate surface area is 237 Å². The number of carbonyl (C=O) groups is 2. The molecule has 3 amide bonds. The van der Waals surface area contributed by atoms with Gasteiger partial charge in [0, 0.05) is 67.7 Å². The second-order valence-corrected chi connectivity index (χ2v) is 11.8. The van der Waals surface area contributed by atoms with Gasteiger partial charge in [-0.25, -0.2) is 13.2 Å². The number of urea groups is 1. The first-order chi connectivity index (χ1) is 19.6. The molecular weight excluding hydrogens is 550 g/mol. The Kier molecular flexibility index (Phi) is 7.63. The maximum absolute atomic E-state index is 13.4. The van der Waals surface area contributed by atoms with Gasteiger partial charge in [-0.2, -0.15) is 0 Å². The standard InChI is InChI=1S/C28H31N5O7S/c1-17(34)29-20-4-6-24(7-5-20)41(37,38)31-25-8-9-26-19-10-18(15-33(26)27(25)35)14-32(16-19)28(36)30-21-11-22(39-2)13-23(12-21)40-3/h4-9,11-13,18-19,31H,10,14-16H2,1-3H3,(H,29,34)(H,30,36). The van der Waals surface area contributed by atoms with Gasteiger partial charge in [-0.05, 0) is 48.7 Å². The summed E-state index contributed by atoms with van der Waals surface area (Å²) in [5.74, 6) is 0.783. The molecule has 1 saturated heterocycles. The molecule has 2 unspecified atom stereocenters. The highest BCUT2D eigenvalue weighted by atomic mass is 32.2. The van der Waals surface area contributed by atoms with Crippen molar-refractivity contribution >= 4 is 39.0 Å². The summed E-state index contributed by atoms with van der Waals surface area (Å²) in [4.78, 5) is 39.5. The van der Waals surface area contributed by atoms with E-state index in [0.29, 0.717) is 42.5 Å². The average Bonchev–Trinajstić information content (AvgIpc) is 2.94. The van der Waals surface area contributed by atoms with Crippen LogP contribution in [0.15, 0.2) is 64.3 Å². The van der Waals surface area contributed by atoms with E-state index in [4.69, 9.17) is 9.47 Å². The molecule has 0 radical (unpaired) electrons. The van der Waals surface area contributed by atoms with Gasteiger partial charge in [0.25, 0.3) is 15.6 Å². The van der Waals surface area contributed by atoms with Gasteiger partial charge in [-0.3, -0.25) is 14.3 Å². The molecule has 5 rings (SSSR count). The molecule has 3 N–H and O–H groups in total. The van der Waals surface area contributed by atoms with Crippen molar-refractivity contribution in [2.75, 3.05) is 42.7 Å². The summed E-state index contributed by atoms with van der Waals surface area (Å²) >= 11 is 0. The van der Waals surface area contributed by atoms with E-state index in [0.717, 1.165) is 12.1 Å². The van der Waals surface area contributed by atoms with Crippen molar-refractivity contribution in [3.63, 3.8) is 0 Å². The predicted octanol–water partition coefficient (Wildman–Crippen LogP) is 3.28. The van der Waals surface area contributed by atoms with Gasteiger partial charge in [0.2, 0.25) is 5.91 Å². The molecule has 0 aliphatic carbocycles. The number of aromatic nitrogens is 1. The number of nitrogens with zero attached hydrogens (tertiary/aromatic N) is 2. The van der Waals surface area contributed by atoms with Crippen molar-refractivity contribution < 1.29 is 27.5 Å². The van der Waals surface area contributed by atoms with E-state index in [1.165, 1.54) is 51.5 Å². The molecule has 2 aromatic carbocycles. The average molecular weight is 582 g/mol. The molecule has 41 heavy (non-hydrogen) atoms. The number of pyridine rings is 1. The second-order valence-electron chi connectivity index (χ2n) is 10.1. The fourth-order valence-corrected chi connectivity index (χ4v) is 6.45. The highest BCUT2D eigenvalue weighted by molar-refractivity contribution is 7.92. The summed E-state index contributed by atoms with van der Waals surface area (Å²) in [6.07, 6.45) is 0.821. The second kappa shape index (κ2) is 11.2. The van der Waals surface area contributed by atoms with Crippen molar-refractivity contribution in [1.29, 1.82) is 0 Å². The molecule has 0 spiro atoms. The molecule has 12 nitrogen and oxygen atoms in total. The number of fused-ring (bicyclic) bond motifs is 4. The number of piperidine rings is 1. The van der Waals surface area contributed by atoms with Crippen LogP contribution < -0.4 is 30.4 Å². The number of anilines is 3. The van der Waals surface area contributed by atoms with Crippen LogP contribution >= 0.6 is 0 Å². The molecule has 2 aliphatic rings. The maximum atomic E-state index is 13.4. The van der Waals surface area contributed by atoms with Crippen LogP contribution in [0.4, 0.5) is 21.9 Å².